The van der Waals surface area contributed by atoms with Gasteiger partial charge in [0.2, 0.25) is 0 Å². The quantitative estimate of drug-likeness (QED) is 0.823. The number of aromatic nitrogens is 2. The molecule has 1 aliphatic heterocycles. The second-order valence-corrected chi connectivity index (χ2v) is 4.44. The molecule has 3 rings (SSSR count). The highest BCUT2D eigenvalue weighted by Gasteiger charge is 2.13. The summed E-state index contributed by atoms with van der Waals surface area (Å²) in [6.45, 7) is 2.18. The topological polar surface area (TPSA) is 49.8 Å². The molecule has 88 valence electrons. The van der Waals surface area contributed by atoms with Gasteiger partial charge < -0.3 is 10.6 Å². The van der Waals surface area contributed by atoms with E-state index in [9.17, 15) is 0 Å². The number of rotatable bonds is 2. The van der Waals surface area contributed by atoms with Crippen molar-refractivity contribution in [3.05, 3.63) is 30.5 Å². The molecule has 4 nitrogen and oxygen atoms in total. The molecule has 0 amide bonds. The van der Waals surface area contributed by atoms with Crippen LogP contribution in [0.25, 0.3) is 10.9 Å². The molecular formula is C13H16N4. The van der Waals surface area contributed by atoms with Crippen molar-refractivity contribution in [2.24, 2.45) is 0 Å². The number of nitrogens with one attached hydrogen (secondary N) is 2. The third-order valence-electron chi connectivity index (χ3n) is 3.25. The van der Waals surface area contributed by atoms with Gasteiger partial charge in [-0.05, 0) is 32.0 Å². The molecule has 1 aromatic carbocycles. The molecule has 1 fully saturated rings. The lowest BCUT2D eigenvalue weighted by Gasteiger charge is -2.24. The summed E-state index contributed by atoms with van der Waals surface area (Å²) < 4.78 is 0. The zero-order valence-corrected chi connectivity index (χ0v) is 9.69. The minimum Gasteiger partial charge on any atom is -0.380 e. The zero-order valence-electron chi connectivity index (χ0n) is 9.69. The Morgan fingerprint density at radius 2 is 2.00 bits per heavy atom. The first kappa shape index (κ1) is 10.5. The molecular weight excluding hydrogens is 212 g/mol. The van der Waals surface area contributed by atoms with Gasteiger partial charge >= 0.3 is 0 Å². The van der Waals surface area contributed by atoms with Crippen molar-refractivity contribution in [3.63, 3.8) is 0 Å². The van der Waals surface area contributed by atoms with Gasteiger partial charge in [-0.15, -0.1) is 0 Å². The van der Waals surface area contributed by atoms with Gasteiger partial charge in [-0.3, -0.25) is 0 Å². The van der Waals surface area contributed by atoms with Crippen LogP contribution in [0.1, 0.15) is 12.8 Å². The number of anilines is 1. The minimum atomic E-state index is 0.545. The lowest BCUT2D eigenvalue weighted by molar-refractivity contribution is 0.479. The van der Waals surface area contributed by atoms with Crippen LogP contribution in [-0.2, 0) is 0 Å². The van der Waals surface area contributed by atoms with Gasteiger partial charge in [0.1, 0.15) is 0 Å². The van der Waals surface area contributed by atoms with E-state index in [1.807, 2.05) is 24.4 Å². The maximum atomic E-state index is 4.13. The van der Waals surface area contributed by atoms with Crippen molar-refractivity contribution in [2.75, 3.05) is 18.4 Å². The van der Waals surface area contributed by atoms with Crippen LogP contribution in [0, 0.1) is 0 Å². The molecule has 0 unspecified atom stereocenters. The number of hydrogen-bond donors (Lipinski definition) is 2. The lowest BCUT2D eigenvalue weighted by Crippen LogP contribution is -2.35. The second kappa shape index (κ2) is 4.67. The Morgan fingerprint density at radius 3 is 2.88 bits per heavy atom. The first-order valence-electron chi connectivity index (χ1n) is 6.11. The van der Waals surface area contributed by atoms with Crippen LogP contribution < -0.4 is 10.6 Å². The van der Waals surface area contributed by atoms with Crippen LogP contribution in [0.4, 0.5) is 5.69 Å². The van der Waals surface area contributed by atoms with Crippen LogP contribution in [0.5, 0.6) is 0 Å². The van der Waals surface area contributed by atoms with Crippen molar-refractivity contribution in [1.82, 2.24) is 15.5 Å². The maximum absolute atomic E-state index is 4.13. The Morgan fingerprint density at radius 1 is 1.18 bits per heavy atom. The average molecular weight is 228 g/mol. The third kappa shape index (κ3) is 2.22. The smallest absolute Gasteiger partial charge is 0.0950 e. The number of benzene rings is 1. The molecule has 17 heavy (non-hydrogen) atoms. The Bertz CT molecular complexity index is 500. The second-order valence-electron chi connectivity index (χ2n) is 4.44. The summed E-state index contributed by atoms with van der Waals surface area (Å²) in [7, 11) is 0. The largest absolute Gasteiger partial charge is 0.380 e. The monoisotopic (exact) mass is 228 g/mol. The van der Waals surface area contributed by atoms with E-state index in [1.165, 1.54) is 0 Å². The van der Waals surface area contributed by atoms with E-state index < -0.39 is 0 Å². The van der Waals surface area contributed by atoms with Crippen LogP contribution in [0.15, 0.2) is 30.5 Å². The number of fused-ring (bicyclic) bond motifs is 1. The molecule has 2 heterocycles. The Labute approximate surface area is 100 Å². The van der Waals surface area contributed by atoms with E-state index in [1.54, 1.807) is 0 Å². The molecule has 2 aromatic rings. The van der Waals surface area contributed by atoms with Crippen molar-refractivity contribution < 1.29 is 0 Å². The average Bonchev–Trinajstić information content (AvgIpc) is 2.40. The minimum absolute atomic E-state index is 0.545. The van der Waals surface area contributed by atoms with E-state index >= 15 is 0 Å². The molecule has 4 heteroatoms. The summed E-state index contributed by atoms with van der Waals surface area (Å²) in [4.78, 5) is 0. The first-order valence-corrected chi connectivity index (χ1v) is 6.11. The molecule has 0 aliphatic carbocycles. The highest BCUT2D eigenvalue weighted by atomic mass is 15.1. The molecule has 0 bridgehead atoms. The first-order chi connectivity index (χ1) is 8.43. The summed E-state index contributed by atoms with van der Waals surface area (Å²) >= 11 is 0. The fourth-order valence-electron chi connectivity index (χ4n) is 2.31. The molecule has 2 N–H and O–H groups in total. The van der Waals surface area contributed by atoms with Crippen molar-refractivity contribution in [2.45, 2.75) is 18.9 Å². The van der Waals surface area contributed by atoms with Crippen LogP contribution in [0.3, 0.4) is 0 Å². The molecule has 1 aliphatic rings. The maximum Gasteiger partial charge on any atom is 0.0950 e. The van der Waals surface area contributed by atoms with Crippen molar-refractivity contribution in [1.29, 1.82) is 0 Å². The van der Waals surface area contributed by atoms with Gasteiger partial charge in [0.05, 0.1) is 17.4 Å². The van der Waals surface area contributed by atoms with Gasteiger partial charge in [-0.2, -0.15) is 10.2 Å². The molecule has 1 saturated heterocycles. The van der Waals surface area contributed by atoms with E-state index in [0.717, 1.165) is 42.5 Å². The Hall–Kier alpha value is -1.68. The molecule has 1 aromatic heterocycles. The predicted molar refractivity (Wildman–Crippen MR) is 69.1 cm³/mol. The summed E-state index contributed by atoms with van der Waals surface area (Å²) in [5, 5.41) is 16.3. The van der Waals surface area contributed by atoms with E-state index in [2.05, 4.69) is 26.9 Å². The van der Waals surface area contributed by atoms with Gasteiger partial charge in [-0.25, -0.2) is 0 Å². The highest BCUT2D eigenvalue weighted by molar-refractivity contribution is 5.90. The van der Waals surface area contributed by atoms with Crippen LogP contribution in [-0.4, -0.2) is 29.3 Å². The summed E-state index contributed by atoms with van der Waals surface area (Å²) in [5.41, 5.74) is 2.05. The summed E-state index contributed by atoms with van der Waals surface area (Å²) in [6, 6.07) is 8.66. The third-order valence-corrected chi connectivity index (χ3v) is 3.25. The van der Waals surface area contributed by atoms with E-state index in [-0.39, 0.29) is 0 Å². The highest BCUT2D eigenvalue weighted by Crippen LogP contribution is 2.22. The van der Waals surface area contributed by atoms with Crippen molar-refractivity contribution in [3.8, 4) is 0 Å². The normalized spacial score (nSPS) is 17.2. The number of hydrogen-bond acceptors (Lipinski definition) is 4. The summed E-state index contributed by atoms with van der Waals surface area (Å²) in [6.07, 6.45) is 4.15. The predicted octanol–water partition coefficient (Wildman–Crippen LogP) is 1.79. The molecule has 0 atom stereocenters. The van der Waals surface area contributed by atoms with Crippen molar-refractivity contribution >= 4 is 16.6 Å². The lowest BCUT2D eigenvalue weighted by atomic mass is 10.1. The van der Waals surface area contributed by atoms with Crippen LogP contribution >= 0.6 is 0 Å². The summed E-state index contributed by atoms with van der Waals surface area (Å²) in [5.74, 6) is 0. The Balaban J connectivity index is 1.89. The number of nitrogens with zero attached hydrogens (tertiary/aromatic N) is 2. The van der Waals surface area contributed by atoms with Crippen LogP contribution in [0.2, 0.25) is 0 Å². The number of piperidine rings is 1. The van der Waals surface area contributed by atoms with Gasteiger partial charge in [0.15, 0.2) is 0 Å². The van der Waals surface area contributed by atoms with E-state index in [0.29, 0.717) is 6.04 Å². The zero-order chi connectivity index (χ0) is 11.5. The molecule has 0 spiro atoms. The molecule has 0 saturated carbocycles. The van der Waals surface area contributed by atoms with Gasteiger partial charge in [0.25, 0.3) is 0 Å². The Kier molecular flexibility index (Phi) is 2.88. The van der Waals surface area contributed by atoms with E-state index in [4.69, 9.17) is 0 Å². The van der Waals surface area contributed by atoms with Gasteiger partial charge in [0, 0.05) is 11.4 Å². The fourth-order valence-corrected chi connectivity index (χ4v) is 2.31. The molecule has 0 radical (unpaired) electrons. The standard InChI is InChI=1S/C13H16N4/c1-2-4-12-11(3-1)13(9-15-17-12)16-10-5-7-14-8-6-10/h1-4,9-10,14H,5-8H2,(H,16,17). The fraction of sp³-hybridized carbons (Fsp3) is 0.385. The van der Waals surface area contributed by atoms with Gasteiger partial charge in [-0.1, -0.05) is 18.2 Å². The SMILES string of the molecule is c1ccc2c(NC3CCNCC3)cnnc2c1.